The smallest absolute Gasteiger partial charge is 0.381 e. The van der Waals surface area contributed by atoms with Gasteiger partial charge in [0.1, 0.15) is 11.5 Å². The van der Waals surface area contributed by atoms with Crippen molar-refractivity contribution in [1.29, 1.82) is 0 Å². The third kappa shape index (κ3) is 9.25. The molecule has 9 nitrogen and oxygen atoms in total. The van der Waals surface area contributed by atoms with E-state index in [1.165, 1.54) is 6.08 Å². The molecule has 0 spiro atoms. The van der Waals surface area contributed by atoms with Crippen LogP contribution in [-0.4, -0.2) is 47.6 Å². The summed E-state index contributed by atoms with van der Waals surface area (Å²) < 4.78 is 177. The van der Waals surface area contributed by atoms with Gasteiger partial charge in [-0.3, -0.25) is 4.79 Å². The summed E-state index contributed by atoms with van der Waals surface area (Å²) in [6, 6.07) is 3.85. The van der Waals surface area contributed by atoms with Gasteiger partial charge in [0.25, 0.3) is 0 Å². The van der Waals surface area contributed by atoms with Gasteiger partial charge in [0.2, 0.25) is 0 Å². The first-order valence-corrected chi connectivity index (χ1v) is 14.9. The van der Waals surface area contributed by atoms with Crippen LogP contribution in [0.5, 0.6) is 0 Å². The highest BCUT2D eigenvalue weighted by Crippen LogP contribution is 2.38. The molecule has 0 aliphatic heterocycles. The lowest BCUT2D eigenvalue weighted by Crippen LogP contribution is -2.49. The summed E-state index contributed by atoms with van der Waals surface area (Å²) in [4.78, 5) is 10.2. The Morgan fingerprint density at radius 2 is 1.10 bits per heavy atom. The van der Waals surface area contributed by atoms with Crippen LogP contribution >= 0.6 is 0 Å². The Hall–Kier alpha value is -2.55. The average molecular weight is 658 g/mol. The largest absolute Gasteiger partial charge is 0.534 e. The van der Waals surface area contributed by atoms with E-state index in [4.69, 9.17) is 0 Å². The van der Waals surface area contributed by atoms with Crippen LogP contribution in [0, 0.1) is 0 Å². The number of sulfonamides is 2. The molecule has 0 heterocycles. The molecule has 1 aromatic rings. The van der Waals surface area contributed by atoms with Crippen molar-refractivity contribution in [2.45, 2.75) is 61.5 Å². The first kappa shape index (κ1) is 35.5. The van der Waals surface area contributed by atoms with Crippen LogP contribution in [0.4, 0.5) is 45.2 Å². The van der Waals surface area contributed by atoms with Gasteiger partial charge in [-0.1, -0.05) is 18.2 Å². The molecule has 40 heavy (non-hydrogen) atoms. The lowest BCUT2D eigenvalue weighted by atomic mass is 10.3. The maximum Gasteiger partial charge on any atom is 0.534 e. The van der Waals surface area contributed by atoms with Crippen LogP contribution in [0.3, 0.4) is 0 Å². The number of benzene rings is 1. The van der Waals surface area contributed by atoms with Gasteiger partial charge in [0, 0.05) is 19.3 Å². The summed E-state index contributed by atoms with van der Waals surface area (Å²) in [5.74, 6) is 0.340. The fourth-order valence-corrected chi connectivity index (χ4v) is 6.06. The predicted octanol–water partition coefficient (Wildman–Crippen LogP) is 5.24. The fraction of sp³-hybridized carbons (Fsp3) is 0.526. The molecule has 0 aromatic heterocycles. The molecule has 1 fully saturated rings. The zero-order valence-electron chi connectivity index (χ0n) is 19.8. The van der Waals surface area contributed by atoms with Gasteiger partial charge in [-0.2, -0.15) is 64.8 Å². The fourth-order valence-electron chi connectivity index (χ4n) is 2.82. The first-order chi connectivity index (χ1) is 17.9. The summed E-state index contributed by atoms with van der Waals surface area (Å²) >= 11 is 0. The lowest BCUT2D eigenvalue weighted by molar-refractivity contribution is -0.117. The van der Waals surface area contributed by atoms with Crippen LogP contribution < -0.4 is 3.71 Å². The van der Waals surface area contributed by atoms with Crippen molar-refractivity contribution in [1.82, 2.24) is 0 Å². The van der Waals surface area contributed by atoms with E-state index in [0.717, 1.165) is 43.9 Å². The van der Waals surface area contributed by atoms with Crippen molar-refractivity contribution in [3.63, 3.8) is 0 Å². The van der Waals surface area contributed by atoms with E-state index in [2.05, 4.69) is 4.18 Å². The monoisotopic (exact) mass is 657 g/mol. The van der Waals surface area contributed by atoms with Crippen molar-refractivity contribution in [3.8, 4) is 0 Å². The van der Waals surface area contributed by atoms with E-state index in [1.54, 1.807) is 0 Å². The molecule has 0 unspecified atom stereocenters. The molecule has 0 atom stereocenters. The molecule has 0 amide bonds. The molecule has 0 radical (unpaired) electrons. The van der Waals surface area contributed by atoms with E-state index in [-0.39, 0.29) is 12.2 Å². The van der Waals surface area contributed by atoms with Gasteiger partial charge in [-0.25, -0.2) is 0 Å². The summed E-state index contributed by atoms with van der Waals surface area (Å²) in [6.45, 7) is 0. The number of hydrogen-bond acceptors (Lipinski definition) is 8. The summed E-state index contributed by atoms with van der Waals surface area (Å²) in [5, 5.41) is 0. The van der Waals surface area contributed by atoms with E-state index in [0.29, 0.717) is 30.8 Å². The standard InChI is InChI=1S/C8H5F6NO4S2.C6H7F3O3S.C5H8O/c9-7(10,11)20(16,17)15(6-4-2-1-3-5-6)21(18,19)8(12,13)14;7-6(8,9)13(10,11)12-5-3-1-2-4-5;6-5-3-1-2-4-5/h1-5H;3H,1-2,4H2;1-4H2. The zero-order valence-corrected chi connectivity index (χ0v) is 22.2. The number of para-hydroxylation sites is 1. The van der Waals surface area contributed by atoms with E-state index in [9.17, 15) is 69.6 Å². The summed E-state index contributed by atoms with van der Waals surface area (Å²) in [6.07, 6.45) is 6.75. The second-order valence-corrected chi connectivity index (χ2v) is 13.1. The van der Waals surface area contributed by atoms with Crippen molar-refractivity contribution >= 4 is 41.6 Å². The van der Waals surface area contributed by atoms with E-state index < -0.39 is 56.1 Å². The Morgan fingerprint density at radius 1 is 0.650 bits per heavy atom. The minimum atomic E-state index is -6.81. The van der Waals surface area contributed by atoms with Crippen molar-refractivity contribution in [2.24, 2.45) is 0 Å². The molecule has 0 N–H and O–H groups in total. The molecule has 3 rings (SSSR count). The first-order valence-electron chi connectivity index (χ1n) is 10.6. The highest BCUT2D eigenvalue weighted by Gasteiger charge is 2.61. The highest BCUT2D eigenvalue weighted by atomic mass is 32.3. The quantitative estimate of drug-likeness (QED) is 0.239. The number of ketones is 1. The molecule has 1 aromatic carbocycles. The number of anilines is 1. The van der Waals surface area contributed by atoms with Gasteiger partial charge >= 0.3 is 46.7 Å². The van der Waals surface area contributed by atoms with Gasteiger partial charge in [0.05, 0.1) is 5.69 Å². The van der Waals surface area contributed by atoms with Crippen LogP contribution in [0.25, 0.3) is 0 Å². The molecule has 0 bridgehead atoms. The number of allylic oxidation sites excluding steroid dienone is 2. The summed E-state index contributed by atoms with van der Waals surface area (Å²) in [7, 11) is -19.1. The van der Waals surface area contributed by atoms with Crippen LogP contribution in [0.2, 0.25) is 0 Å². The Labute approximate surface area is 222 Å². The minimum Gasteiger partial charge on any atom is -0.381 e. The number of carbonyl (C=O) groups excluding carboxylic acids is 1. The SMILES string of the molecule is O=C1CCCC1.O=S(=O)(N(c1ccccc1)S(=O)(=O)C(F)(F)F)C(F)(F)F.O=S(=O)(OC1=CCCC1)C(F)(F)F. The molecular formula is C19H20F9NO8S3. The second kappa shape index (κ2) is 13.0. The van der Waals surface area contributed by atoms with Crippen molar-refractivity contribution in [3.05, 3.63) is 42.2 Å². The van der Waals surface area contributed by atoms with Crippen molar-refractivity contribution < 1.29 is 73.7 Å². The van der Waals surface area contributed by atoms with Gasteiger partial charge in [-0.05, 0) is 43.9 Å². The Bertz CT molecular complexity index is 1320. The van der Waals surface area contributed by atoms with Crippen LogP contribution in [0.1, 0.15) is 44.9 Å². The Kier molecular flexibility index (Phi) is 11.5. The van der Waals surface area contributed by atoms with Crippen LogP contribution in [0.15, 0.2) is 42.2 Å². The molecule has 2 aliphatic rings. The number of nitrogens with zero attached hydrogens (tertiary/aromatic N) is 1. The molecule has 1 saturated carbocycles. The number of carbonyl (C=O) groups is 1. The molecule has 21 heteroatoms. The van der Waals surface area contributed by atoms with Gasteiger partial charge in [-0.15, -0.1) is 3.71 Å². The Balaban J connectivity index is 0.000000353. The van der Waals surface area contributed by atoms with Crippen molar-refractivity contribution in [2.75, 3.05) is 3.71 Å². The third-order valence-corrected chi connectivity index (χ3v) is 9.29. The average Bonchev–Trinajstić information content (AvgIpc) is 3.46. The predicted molar refractivity (Wildman–Crippen MR) is 120 cm³/mol. The lowest BCUT2D eigenvalue weighted by Gasteiger charge is -2.25. The molecule has 230 valence electrons. The van der Waals surface area contributed by atoms with Crippen LogP contribution in [-0.2, 0) is 39.1 Å². The molecular weight excluding hydrogens is 637 g/mol. The molecule has 0 saturated heterocycles. The Morgan fingerprint density at radius 3 is 1.40 bits per heavy atom. The maximum atomic E-state index is 12.4. The third-order valence-electron chi connectivity index (χ3n) is 4.65. The second-order valence-electron chi connectivity index (χ2n) is 7.73. The topological polar surface area (TPSA) is 132 Å². The highest BCUT2D eigenvalue weighted by molar-refractivity contribution is 8.11. The normalized spacial score (nSPS) is 16.7. The number of hydrogen-bond donors (Lipinski definition) is 0. The number of halogens is 9. The number of alkyl halides is 9. The molecule has 2 aliphatic carbocycles. The van der Waals surface area contributed by atoms with Gasteiger partial charge in [0.15, 0.2) is 0 Å². The number of rotatable bonds is 5. The maximum absolute atomic E-state index is 12.4. The van der Waals surface area contributed by atoms with E-state index in [1.807, 2.05) is 0 Å². The zero-order chi connectivity index (χ0) is 31.2. The van der Waals surface area contributed by atoms with Gasteiger partial charge < -0.3 is 4.18 Å². The number of Topliss-reactive ketones (excluding diaryl/α,β-unsaturated/α-hetero) is 1. The summed E-state index contributed by atoms with van der Waals surface area (Å²) in [5.41, 5.74) is -19.1. The minimum absolute atomic E-state index is 0.114. The van der Waals surface area contributed by atoms with E-state index >= 15 is 0 Å².